The van der Waals surface area contributed by atoms with Gasteiger partial charge in [0.1, 0.15) is 6.10 Å². The number of anilines is 1. The number of benzene rings is 1. The molecule has 0 saturated carbocycles. The fraction of sp³-hybridized carbons (Fsp3) is 0.150. The van der Waals surface area contributed by atoms with E-state index in [1.54, 1.807) is 35.6 Å². The zero-order valence-electron chi connectivity index (χ0n) is 14.0. The molecule has 26 heavy (non-hydrogen) atoms. The van der Waals surface area contributed by atoms with Crippen molar-refractivity contribution in [2.75, 3.05) is 5.32 Å². The van der Waals surface area contributed by atoms with Crippen LogP contribution in [0.2, 0.25) is 0 Å². The Balaban J connectivity index is 1.48. The van der Waals surface area contributed by atoms with E-state index in [4.69, 9.17) is 4.74 Å². The molecule has 6 heteroatoms. The van der Waals surface area contributed by atoms with Crippen molar-refractivity contribution in [3.63, 3.8) is 0 Å². The highest BCUT2D eigenvalue weighted by atomic mass is 32.1. The number of hydrogen-bond donors (Lipinski definition) is 1. The van der Waals surface area contributed by atoms with Crippen molar-refractivity contribution in [1.29, 1.82) is 0 Å². The zero-order valence-corrected chi connectivity index (χ0v) is 14.8. The number of ether oxygens (including phenoxy) is 1. The summed E-state index contributed by atoms with van der Waals surface area (Å²) in [5, 5.41) is 5.78. The molecule has 0 spiro atoms. The van der Waals surface area contributed by atoms with Gasteiger partial charge >= 0.3 is 5.97 Å². The summed E-state index contributed by atoms with van der Waals surface area (Å²) >= 11 is 1.59. The van der Waals surface area contributed by atoms with Crippen molar-refractivity contribution in [2.24, 2.45) is 5.92 Å². The molecule has 1 aromatic heterocycles. The second-order valence-corrected chi connectivity index (χ2v) is 7.13. The fourth-order valence-electron chi connectivity index (χ4n) is 2.88. The molecule has 5 nitrogen and oxygen atoms in total. The van der Waals surface area contributed by atoms with Gasteiger partial charge in [-0.25, -0.2) is 4.98 Å². The SMILES string of the molecule is Cc1nc(-c2ccc(NC(=O)[C@H]3C=C4C=CC=C[C@@H]4OC3=O)cc2)cs1. The number of amides is 1. The summed E-state index contributed by atoms with van der Waals surface area (Å²) in [5.74, 6) is -1.88. The lowest BCUT2D eigenvalue weighted by Gasteiger charge is -2.26. The number of hydrogen-bond acceptors (Lipinski definition) is 5. The third-order valence-electron chi connectivity index (χ3n) is 4.22. The minimum atomic E-state index is -0.946. The molecule has 2 aromatic rings. The third-order valence-corrected chi connectivity index (χ3v) is 4.99. The van der Waals surface area contributed by atoms with Crippen molar-refractivity contribution in [2.45, 2.75) is 13.0 Å². The molecule has 130 valence electrons. The molecule has 1 aromatic carbocycles. The van der Waals surface area contributed by atoms with Crippen LogP contribution in [0.3, 0.4) is 0 Å². The van der Waals surface area contributed by atoms with E-state index in [9.17, 15) is 9.59 Å². The molecule has 1 aliphatic heterocycles. The Morgan fingerprint density at radius 1 is 1.23 bits per heavy atom. The summed E-state index contributed by atoms with van der Waals surface area (Å²) in [6.45, 7) is 1.96. The van der Waals surface area contributed by atoms with Crippen molar-refractivity contribution in [1.82, 2.24) is 4.98 Å². The Hall–Kier alpha value is -2.99. The molecule has 0 bridgehead atoms. The summed E-state index contributed by atoms with van der Waals surface area (Å²) in [4.78, 5) is 29.1. The highest BCUT2D eigenvalue weighted by molar-refractivity contribution is 7.09. The van der Waals surface area contributed by atoms with Crippen LogP contribution >= 0.6 is 11.3 Å². The predicted molar refractivity (Wildman–Crippen MR) is 101 cm³/mol. The largest absolute Gasteiger partial charge is 0.452 e. The van der Waals surface area contributed by atoms with Crippen molar-refractivity contribution < 1.29 is 14.3 Å². The first kappa shape index (κ1) is 16.5. The first-order valence-electron chi connectivity index (χ1n) is 8.21. The van der Waals surface area contributed by atoms with Gasteiger partial charge in [0.2, 0.25) is 5.91 Å². The molecule has 4 rings (SSSR count). The van der Waals surface area contributed by atoms with E-state index in [0.717, 1.165) is 21.8 Å². The van der Waals surface area contributed by atoms with Crippen LogP contribution in [0, 0.1) is 12.8 Å². The Morgan fingerprint density at radius 2 is 2.04 bits per heavy atom. The first-order chi connectivity index (χ1) is 12.6. The van der Waals surface area contributed by atoms with Crippen LogP contribution < -0.4 is 5.32 Å². The lowest BCUT2D eigenvalue weighted by atomic mass is 9.95. The van der Waals surface area contributed by atoms with Gasteiger partial charge in [-0.2, -0.15) is 0 Å². The van der Waals surface area contributed by atoms with E-state index in [0.29, 0.717) is 5.69 Å². The first-order valence-corrected chi connectivity index (χ1v) is 9.08. The minimum Gasteiger partial charge on any atom is -0.452 e. The molecular weight excluding hydrogens is 348 g/mol. The van der Waals surface area contributed by atoms with Gasteiger partial charge in [0.05, 0.1) is 10.7 Å². The van der Waals surface area contributed by atoms with E-state index >= 15 is 0 Å². The van der Waals surface area contributed by atoms with Crippen molar-refractivity contribution in [3.05, 3.63) is 70.6 Å². The quantitative estimate of drug-likeness (QED) is 0.667. The van der Waals surface area contributed by atoms with Gasteiger partial charge in [0.15, 0.2) is 5.92 Å². The zero-order chi connectivity index (χ0) is 18.1. The Labute approximate surface area is 154 Å². The molecule has 0 unspecified atom stereocenters. The highest BCUT2D eigenvalue weighted by Crippen LogP contribution is 2.26. The highest BCUT2D eigenvalue weighted by Gasteiger charge is 2.34. The molecule has 2 aliphatic rings. The number of rotatable bonds is 3. The van der Waals surface area contributed by atoms with Crippen LogP contribution in [-0.2, 0) is 14.3 Å². The van der Waals surface area contributed by atoms with E-state index in [1.807, 2.05) is 42.7 Å². The number of aromatic nitrogens is 1. The maximum atomic E-state index is 12.5. The average molecular weight is 364 g/mol. The van der Waals surface area contributed by atoms with Crippen molar-refractivity contribution >= 4 is 28.9 Å². The van der Waals surface area contributed by atoms with E-state index in [1.165, 1.54) is 0 Å². The van der Waals surface area contributed by atoms with Crippen LogP contribution in [0.5, 0.6) is 0 Å². The Bertz CT molecular complexity index is 954. The molecule has 1 N–H and O–H groups in total. The maximum absolute atomic E-state index is 12.5. The maximum Gasteiger partial charge on any atom is 0.323 e. The molecule has 0 fully saturated rings. The van der Waals surface area contributed by atoms with Gasteiger partial charge in [0.25, 0.3) is 0 Å². The number of carbonyl (C=O) groups excluding carboxylic acids is 2. The van der Waals surface area contributed by atoms with Gasteiger partial charge in [-0.15, -0.1) is 11.3 Å². The summed E-state index contributed by atoms with van der Waals surface area (Å²) in [5.41, 5.74) is 3.34. The molecule has 1 aliphatic carbocycles. The van der Waals surface area contributed by atoms with Gasteiger partial charge in [-0.3, -0.25) is 9.59 Å². The number of allylic oxidation sites excluding steroid dienone is 2. The summed E-state index contributed by atoms with van der Waals surface area (Å²) in [6.07, 6.45) is 8.59. The summed E-state index contributed by atoms with van der Waals surface area (Å²) in [7, 11) is 0. The minimum absolute atomic E-state index is 0.391. The van der Waals surface area contributed by atoms with Crippen LogP contribution in [0.15, 0.2) is 65.6 Å². The van der Waals surface area contributed by atoms with Gasteiger partial charge in [-0.1, -0.05) is 36.4 Å². The molecule has 0 saturated heterocycles. The number of esters is 1. The number of carbonyl (C=O) groups is 2. The predicted octanol–water partition coefficient (Wildman–Crippen LogP) is 3.65. The lowest BCUT2D eigenvalue weighted by Crippen LogP contribution is -2.36. The van der Waals surface area contributed by atoms with E-state index in [-0.39, 0.29) is 0 Å². The van der Waals surface area contributed by atoms with E-state index in [2.05, 4.69) is 10.3 Å². The lowest BCUT2D eigenvalue weighted by molar-refractivity contribution is -0.152. The molecule has 0 radical (unpaired) electrons. The van der Waals surface area contributed by atoms with Gasteiger partial charge < -0.3 is 10.1 Å². The third kappa shape index (κ3) is 3.23. The molecule has 2 atom stereocenters. The van der Waals surface area contributed by atoms with E-state index < -0.39 is 23.9 Å². The van der Waals surface area contributed by atoms with Crippen LogP contribution in [-0.4, -0.2) is 23.0 Å². The number of thiazole rings is 1. The van der Waals surface area contributed by atoms with Crippen LogP contribution in [0.4, 0.5) is 5.69 Å². The van der Waals surface area contributed by atoms with Crippen molar-refractivity contribution in [3.8, 4) is 11.3 Å². The topological polar surface area (TPSA) is 68.3 Å². The second-order valence-electron chi connectivity index (χ2n) is 6.06. The Kier molecular flexibility index (Phi) is 4.26. The average Bonchev–Trinajstić information content (AvgIpc) is 3.08. The second kappa shape index (κ2) is 6.72. The fourth-order valence-corrected chi connectivity index (χ4v) is 3.50. The smallest absolute Gasteiger partial charge is 0.323 e. The van der Waals surface area contributed by atoms with Gasteiger partial charge in [0, 0.05) is 16.6 Å². The Morgan fingerprint density at radius 3 is 2.77 bits per heavy atom. The molecular formula is C20H16N2O3S. The van der Waals surface area contributed by atoms with Crippen LogP contribution in [0.25, 0.3) is 11.3 Å². The van der Waals surface area contributed by atoms with Crippen LogP contribution in [0.1, 0.15) is 5.01 Å². The number of fused-ring (bicyclic) bond motifs is 1. The molecule has 2 heterocycles. The van der Waals surface area contributed by atoms with Gasteiger partial charge in [-0.05, 0) is 30.7 Å². The number of aryl methyl sites for hydroxylation is 1. The number of nitrogens with one attached hydrogen (secondary N) is 1. The monoisotopic (exact) mass is 364 g/mol. The standard InChI is InChI=1S/C20H16N2O3S/c1-12-21-17(11-26-12)13-6-8-15(9-7-13)22-19(23)16-10-14-4-2-3-5-18(14)25-20(16)24/h2-11,16,18H,1H3,(H,22,23)/t16-,18+/m1/s1. The number of nitrogens with zero attached hydrogens (tertiary/aromatic N) is 1. The molecule has 1 amide bonds. The normalized spacial score (nSPS) is 21.0. The summed E-state index contributed by atoms with van der Waals surface area (Å²) < 4.78 is 5.33. The summed E-state index contributed by atoms with van der Waals surface area (Å²) in [6, 6.07) is 7.39.